The molecule has 0 unspecified atom stereocenters. The molecule has 0 radical (unpaired) electrons. The number of anilines is 1. The lowest BCUT2D eigenvalue weighted by Crippen LogP contribution is -2.07. The lowest BCUT2D eigenvalue weighted by molar-refractivity contribution is -0.111. The van der Waals surface area contributed by atoms with Crippen molar-refractivity contribution in [3.8, 4) is 34.1 Å². The van der Waals surface area contributed by atoms with Crippen LogP contribution in [-0.4, -0.2) is 25.4 Å². The van der Waals surface area contributed by atoms with Gasteiger partial charge in [-0.2, -0.15) is 0 Å². The number of benzene rings is 2. The van der Waals surface area contributed by atoms with Crippen LogP contribution >= 0.6 is 0 Å². The Morgan fingerprint density at radius 2 is 1.84 bits per heavy atom. The van der Waals surface area contributed by atoms with E-state index in [4.69, 9.17) is 4.74 Å². The van der Waals surface area contributed by atoms with Crippen molar-refractivity contribution in [2.24, 2.45) is 7.05 Å². The van der Waals surface area contributed by atoms with Crippen molar-refractivity contribution in [2.45, 2.75) is 20.8 Å². The molecular formula is C30H26FN5O2. The lowest BCUT2D eigenvalue weighted by Gasteiger charge is -2.14. The minimum absolute atomic E-state index is 0.0366. The van der Waals surface area contributed by atoms with Crippen LogP contribution < -0.4 is 10.1 Å². The van der Waals surface area contributed by atoms with E-state index in [1.807, 2.05) is 58.2 Å². The summed E-state index contributed by atoms with van der Waals surface area (Å²) in [5.41, 5.74) is 7.54. The van der Waals surface area contributed by atoms with Crippen LogP contribution in [0.3, 0.4) is 0 Å². The van der Waals surface area contributed by atoms with Crippen molar-refractivity contribution in [2.75, 3.05) is 5.32 Å². The Balaban J connectivity index is 1.66. The number of carbonyl (C=O) groups is 1. The average Bonchev–Trinajstić information content (AvgIpc) is 3.18. The number of aryl methyl sites for hydroxylation is 4. The summed E-state index contributed by atoms with van der Waals surface area (Å²) < 4.78 is 23.1. The van der Waals surface area contributed by atoms with Crippen molar-refractivity contribution < 1.29 is 13.9 Å². The first kappa shape index (κ1) is 24.8. The predicted molar refractivity (Wildman–Crippen MR) is 147 cm³/mol. The van der Waals surface area contributed by atoms with E-state index in [0.29, 0.717) is 11.3 Å². The predicted octanol–water partition coefficient (Wildman–Crippen LogP) is 6.68. The fourth-order valence-electron chi connectivity index (χ4n) is 4.66. The zero-order chi connectivity index (χ0) is 27.0. The van der Waals surface area contributed by atoms with Gasteiger partial charge in [0.05, 0.1) is 11.2 Å². The summed E-state index contributed by atoms with van der Waals surface area (Å²) in [5, 5.41) is 3.73. The molecule has 1 amide bonds. The van der Waals surface area contributed by atoms with Crippen LogP contribution in [0.1, 0.15) is 17.0 Å². The molecule has 7 nitrogen and oxygen atoms in total. The van der Waals surface area contributed by atoms with Gasteiger partial charge in [0.25, 0.3) is 0 Å². The molecule has 1 N–H and O–H groups in total. The highest BCUT2D eigenvalue weighted by Gasteiger charge is 2.23. The van der Waals surface area contributed by atoms with Gasteiger partial charge in [0.1, 0.15) is 0 Å². The molecule has 0 aliphatic carbocycles. The Bertz CT molecular complexity index is 1720. The summed E-state index contributed by atoms with van der Waals surface area (Å²) in [6.45, 7) is 9.24. The Labute approximate surface area is 219 Å². The van der Waals surface area contributed by atoms with Crippen LogP contribution in [0.2, 0.25) is 0 Å². The van der Waals surface area contributed by atoms with Gasteiger partial charge in [-0.25, -0.2) is 14.4 Å². The summed E-state index contributed by atoms with van der Waals surface area (Å²) in [4.78, 5) is 24.6. The first-order chi connectivity index (χ1) is 18.3. The van der Waals surface area contributed by atoms with Gasteiger partial charge in [-0.15, -0.1) is 0 Å². The van der Waals surface area contributed by atoms with Gasteiger partial charge in [0.15, 0.2) is 11.6 Å². The number of nitrogens with one attached hydrogen (secondary N) is 1. The van der Waals surface area contributed by atoms with E-state index in [0.717, 1.165) is 44.7 Å². The van der Waals surface area contributed by atoms with E-state index in [-0.39, 0.29) is 17.7 Å². The van der Waals surface area contributed by atoms with E-state index < -0.39 is 5.82 Å². The summed E-state index contributed by atoms with van der Waals surface area (Å²) in [5.74, 6) is -0.774. The zero-order valence-electron chi connectivity index (χ0n) is 21.5. The van der Waals surface area contributed by atoms with Gasteiger partial charge in [0, 0.05) is 53.0 Å². The third-order valence-corrected chi connectivity index (χ3v) is 6.43. The molecule has 190 valence electrons. The molecule has 0 aliphatic rings. The standard InChI is InChI=1S/C30H26FN5O2/c1-6-26(37)35-21-8-9-22(17(2)15-21)29-28(27-19(4)32-14-12-24(27)36(29)5)20-7-10-25(23(31)16-20)38-30-33-13-11-18(3)34-30/h6-16H,1H2,2-5H3,(H,35,37). The molecule has 5 aromatic rings. The highest BCUT2D eigenvalue weighted by Crippen LogP contribution is 2.43. The fraction of sp³-hybridized carbons (Fsp3) is 0.133. The van der Waals surface area contributed by atoms with Crippen molar-refractivity contribution in [3.05, 3.63) is 96.3 Å². The largest absolute Gasteiger partial charge is 0.421 e. The van der Waals surface area contributed by atoms with Crippen molar-refractivity contribution in [1.82, 2.24) is 19.5 Å². The lowest BCUT2D eigenvalue weighted by atomic mass is 9.95. The summed E-state index contributed by atoms with van der Waals surface area (Å²) in [7, 11) is 1.98. The number of amides is 1. The average molecular weight is 508 g/mol. The van der Waals surface area contributed by atoms with Gasteiger partial charge in [-0.3, -0.25) is 9.78 Å². The Kier molecular flexibility index (Phi) is 6.46. The van der Waals surface area contributed by atoms with Gasteiger partial charge in [-0.1, -0.05) is 18.7 Å². The highest BCUT2D eigenvalue weighted by molar-refractivity contribution is 6.06. The highest BCUT2D eigenvalue weighted by atomic mass is 19.1. The van der Waals surface area contributed by atoms with E-state index in [9.17, 15) is 4.79 Å². The van der Waals surface area contributed by atoms with Crippen molar-refractivity contribution in [3.63, 3.8) is 0 Å². The number of carbonyl (C=O) groups excluding carboxylic acids is 1. The Hall–Kier alpha value is -4.85. The number of nitrogens with zero attached hydrogens (tertiary/aromatic N) is 4. The number of hydrogen-bond acceptors (Lipinski definition) is 5. The maximum Gasteiger partial charge on any atom is 0.322 e. The normalized spacial score (nSPS) is 11.0. The van der Waals surface area contributed by atoms with E-state index in [1.165, 1.54) is 12.1 Å². The number of fused-ring (bicyclic) bond motifs is 1. The molecule has 0 fully saturated rings. The number of halogens is 1. The molecule has 0 atom stereocenters. The van der Waals surface area contributed by atoms with Gasteiger partial charge in [0.2, 0.25) is 5.91 Å². The molecular weight excluding hydrogens is 481 g/mol. The third kappa shape index (κ3) is 4.52. The van der Waals surface area contributed by atoms with Crippen LogP contribution in [0, 0.1) is 26.6 Å². The van der Waals surface area contributed by atoms with E-state index in [1.54, 1.807) is 24.5 Å². The third-order valence-electron chi connectivity index (χ3n) is 6.43. The second-order valence-electron chi connectivity index (χ2n) is 9.02. The first-order valence-corrected chi connectivity index (χ1v) is 12.0. The van der Waals surface area contributed by atoms with Gasteiger partial charge < -0.3 is 14.6 Å². The van der Waals surface area contributed by atoms with Crippen molar-refractivity contribution in [1.29, 1.82) is 0 Å². The smallest absolute Gasteiger partial charge is 0.322 e. The van der Waals surface area contributed by atoms with Gasteiger partial charge in [-0.05, 0) is 74.4 Å². The summed E-state index contributed by atoms with van der Waals surface area (Å²) in [6.07, 6.45) is 4.57. The van der Waals surface area contributed by atoms with E-state index >= 15 is 4.39 Å². The Morgan fingerprint density at radius 1 is 1.05 bits per heavy atom. The molecule has 8 heteroatoms. The molecule has 2 aromatic carbocycles. The topological polar surface area (TPSA) is 81.9 Å². The monoisotopic (exact) mass is 507 g/mol. The number of rotatable bonds is 6. The molecule has 0 saturated carbocycles. The number of aromatic nitrogens is 4. The molecule has 3 heterocycles. The maximum absolute atomic E-state index is 15.4. The number of ether oxygens (including phenoxy) is 1. The molecule has 0 saturated heterocycles. The quantitative estimate of drug-likeness (QED) is 0.259. The number of pyridine rings is 1. The summed E-state index contributed by atoms with van der Waals surface area (Å²) >= 11 is 0. The van der Waals surface area contributed by atoms with Crippen LogP contribution in [0.5, 0.6) is 11.8 Å². The Morgan fingerprint density at radius 3 is 2.55 bits per heavy atom. The maximum atomic E-state index is 15.4. The number of hydrogen-bond donors (Lipinski definition) is 1. The van der Waals surface area contributed by atoms with Crippen LogP contribution in [0.25, 0.3) is 33.3 Å². The van der Waals surface area contributed by atoms with Crippen LogP contribution in [-0.2, 0) is 11.8 Å². The fourth-order valence-corrected chi connectivity index (χ4v) is 4.66. The van der Waals surface area contributed by atoms with Crippen LogP contribution in [0.4, 0.5) is 10.1 Å². The molecule has 0 spiro atoms. The molecule has 3 aromatic heterocycles. The first-order valence-electron chi connectivity index (χ1n) is 12.0. The van der Waals surface area contributed by atoms with E-state index in [2.05, 4.69) is 31.4 Å². The molecule has 0 aliphatic heterocycles. The summed E-state index contributed by atoms with van der Waals surface area (Å²) in [6, 6.07) is 14.4. The SMILES string of the molecule is C=CC(=O)Nc1ccc(-c2c(-c3ccc(Oc4nccc(C)n4)c(F)c3)c3c(C)nccc3n2C)c(C)c1. The molecule has 5 rings (SSSR count). The van der Waals surface area contributed by atoms with Gasteiger partial charge >= 0.3 is 6.01 Å². The minimum atomic E-state index is -0.531. The molecule has 0 bridgehead atoms. The van der Waals surface area contributed by atoms with Crippen LogP contribution in [0.15, 0.2) is 73.6 Å². The minimum Gasteiger partial charge on any atom is -0.421 e. The second kappa shape index (κ2) is 9.89. The van der Waals surface area contributed by atoms with Crippen molar-refractivity contribution >= 4 is 22.5 Å². The zero-order valence-corrected chi connectivity index (χ0v) is 21.5. The second-order valence-corrected chi connectivity index (χ2v) is 9.02. The molecule has 38 heavy (non-hydrogen) atoms.